The minimum atomic E-state index is -0.504. The van der Waals surface area contributed by atoms with Gasteiger partial charge in [-0.05, 0) is 67.3 Å². The Hall–Kier alpha value is -3.99. The number of carbonyl (C=O) groups is 2. The predicted molar refractivity (Wildman–Crippen MR) is 122 cm³/mol. The molecule has 0 saturated heterocycles. The lowest BCUT2D eigenvalue weighted by molar-refractivity contribution is -0.130. The highest BCUT2D eigenvalue weighted by Gasteiger charge is 2.10. The highest BCUT2D eigenvalue weighted by molar-refractivity contribution is 5.89. The van der Waals surface area contributed by atoms with Crippen molar-refractivity contribution >= 4 is 11.9 Å². The normalized spacial score (nSPS) is 10.3. The van der Waals surface area contributed by atoms with E-state index in [4.69, 9.17) is 9.47 Å². The van der Waals surface area contributed by atoms with E-state index in [0.29, 0.717) is 40.2 Å². The monoisotopic (exact) mass is 430 g/mol. The van der Waals surface area contributed by atoms with E-state index in [-0.39, 0.29) is 5.82 Å². The molecule has 0 atom stereocenters. The van der Waals surface area contributed by atoms with E-state index in [2.05, 4.69) is 13.2 Å². The summed E-state index contributed by atoms with van der Waals surface area (Å²) in [5, 5.41) is 0. The zero-order chi connectivity index (χ0) is 23.3. The Morgan fingerprint density at radius 3 is 1.69 bits per heavy atom. The van der Waals surface area contributed by atoms with Crippen LogP contribution in [0.25, 0.3) is 11.1 Å². The summed E-state index contributed by atoms with van der Waals surface area (Å²) in [5.41, 5.74) is 3.52. The first-order chi connectivity index (χ1) is 15.2. The van der Waals surface area contributed by atoms with Crippen molar-refractivity contribution in [2.75, 3.05) is 0 Å². The van der Waals surface area contributed by atoms with Crippen molar-refractivity contribution in [2.45, 2.75) is 20.3 Å². The molecule has 0 radical (unpaired) electrons. The standard InChI is InChI=1S/C27H23FO4/c1-17(2)26(29)31-22-10-5-19(6-11-22)15-20-7-14-24(25(28)16-20)21-8-12-23(13-9-21)32-27(30)18(3)4/h5-14,16H,1,3,15H2,2,4H3. The minimum Gasteiger partial charge on any atom is -0.423 e. The van der Waals surface area contributed by atoms with Gasteiger partial charge in [0.15, 0.2) is 0 Å². The summed E-state index contributed by atoms with van der Waals surface area (Å²) in [7, 11) is 0. The molecule has 0 aliphatic carbocycles. The van der Waals surface area contributed by atoms with Gasteiger partial charge < -0.3 is 9.47 Å². The fourth-order valence-corrected chi connectivity index (χ4v) is 2.90. The smallest absolute Gasteiger partial charge is 0.338 e. The van der Waals surface area contributed by atoms with Crippen LogP contribution in [0.4, 0.5) is 4.39 Å². The van der Waals surface area contributed by atoms with Crippen LogP contribution in [0.5, 0.6) is 11.5 Å². The van der Waals surface area contributed by atoms with Crippen molar-refractivity contribution in [1.82, 2.24) is 0 Å². The molecular weight excluding hydrogens is 407 g/mol. The van der Waals surface area contributed by atoms with Crippen LogP contribution in [0.2, 0.25) is 0 Å². The fourth-order valence-electron chi connectivity index (χ4n) is 2.90. The predicted octanol–water partition coefficient (Wildman–Crippen LogP) is 6.05. The van der Waals surface area contributed by atoms with Crippen molar-refractivity contribution < 1.29 is 23.5 Å². The average Bonchev–Trinajstić information content (AvgIpc) is 2.76. The Kier molecular flexibility index (Phi) is 7.00. The van der Waals surface area contributed by atoms with E-state index in [9.17, 15) is 14.0 Å². The van der Waals surface area contributed by atoms with E-state index >= 15 is 0 Å². The number of carbonyl (C=O) groups excluding carboxylic acids is 2. The Morgan fingerprint density at radius 1 is 0.750 bits per heavy atom. The lowest BCUT2D eigenvalue weighted by Gasteiger charge is -2.09. The molecule has 5 heteroatoms. The summed E-state index contributed by atoms with van der Waals surface area (Å²) in [4.78, 5) is 23.2. The molecule has 0 unspecified atom stereocenters. The second-order valence-corrected chi connectivity index (χ2v) is 7.50. The Balaban J connectivity index is 1.69. The highest BCUT2D eigenvalue weighted by Crippen LogP contribution is 2.27. The lowest BCUT2D eigenvalue weighted by Crippen LogP contribution is -2.08. The van der Waals surface area contributed by atoms with Gasteiger partial charge in [-0.2, -0.15) is 0 Å². The molecule has 162 valence electrons. The van der Waals surface area contributed by atoms with Gasteiger partial charge in [0.25, 0.3) is 0 Å². The van der Waals surface area contributed by atoms with Gasteiger partial charge in [0.1, 0.15) is 17.3 Å². The quantitative estimate of drug-likeness (QED) is 0.260. The lowest BCUT2D eigenvalue weighted by atomic mass is 9.99. The topological polar surface area (TPSA) is 52.6 Å². The van der Waals surface area contributed by atoms with Crippen LogP contribution in [-0.4, -0.2) is 11.9 Å². The number of ether oxygens (including phenoxy) is 2. The third kappa shape index (κ3) is 5.79. The van der Waals surface area contributed by atoms with Gasteiger partial charge in [0.05, 0.1) is 0 Å². The van der Waals surface area contributed by atoms with Crippen molar-refractivity contribution in [3.8, 4) is 22.6 Å². The van der Waals surface area contributed by atoms with E-state index in [1.54, 1.807) is 56.3 Å². The molecule has 0 aliphatic rings. The summed E-state index contributed by atoms with van der Waals surface area (Å²) in [5.74, 6) is -0.522. The maximum absolute atomic E-state index is 14.8. The Labute approximate surface area is 186 Å². The van der Waals surface area contributed by atoms with Gasteiger partial charge in [0.2, 0.25) is 0 Å². The molecule has 3 aromatic rings. The van der Waals surface area contributed by atoms with Crippen molar-refractivity contribution in [3.63, 3.8) is 0 Å². The van der Waals surface area contributed by atoms with E-state index < -0.39 is 11.9 Å². The van der Waals surface area contributed by atoms with E-state index in [1.165, 1.54) is 6.07 Å². The second kappa shape index (κ2) is 9.88. The van der Waals surface area contributed by atoms with Crippen LogP contribution in [0.1, 0.15) is 25.0 Å². The van der Waals surface area contributed by atoms with Crippen LogP contribution < -0.4 is 9.47 Å². The third-order valence-corrected chi connectivity index (χ3v) is 4.65. The zero-order valence-electron chi connectivity index (χ0n) is 18.0. The van der Waals surface area contributed by atoms with Gasteiger partial charge in [-0.3, -0.25) is 0 Å². The van der Waals surface area contributed by atoms with E-state index in [0.717, 1.165) is 11.1 Å². The molecule has 3 aromatic carbocycles. The molecule has 0 aromatic heterocycles. The molecule has 0 N–H and O–H groups in total. The molecule has 0 aliphatic heterocycles. The second-order valence-electron chi connectivity index (χ2n) is 7.50. The molecule has 0 amide bonds. The van der Waals surface area contributed by atoms with Crippen molar-refractivity contribution in [1.29, 1.82) is 0 Å². The van der Waals surface area contributed by atoms with Gasteiger partial charge in [-0.25, -0.2) is 14.0 Å². The first kappa shape index (κ1) is 22.7. The number of hydrogen-bond donors (Lipinski definition) is 0. The SMILES string of the molecule is C=C(C)C(=O)Oc1ccc(Cc2ccc(-c3ccc(OC(=O)C(=C)C)cc3)c(F)c2)cc1. The summed E-state index contributed by atoms with van der Waals surface area (Å²) in [6.45, 7) is 10.2. The minimum absolute atomic E-state index is 0.304. The van der Waals surface area contributed by atoms with Crippen LogP contribution >= 0.6 is 0 Å². The Bertz CT molecular complexity index is 1180. The summed E-state index contributed by atoms with van der Waals surface area (Å²) in [6.07, 6.45) is 0.529. The first-order valence-electron chi connectivity index (χ1n) is 9.96. The number of benzene rings is 3. The maximum atomic E-state index is 14.8. The zero-order valence-corrected chi connectivity index (χ0v) is 18.0. The maximum Gasteiger partial charge on any atom is 0.338 e. The number of halogens is 1. The molecule has 0 spiro atoms. The molecule has 0 heterocycles. The highest BCUT2D eigenvalue weighted by atomic mass is 19.1. The Morgan fingerprint density at radius 2 is 1.22 bits per heavy atom. The molecule has 0 saturated carbocycles. The fraction of sp³-hybridized carbons (Fsp3) is 0.111. The van der Waals surface area contributed by atoms with Gasteiger partial charge in [-0.15, -0.1) is 0 Å². The molecule has 32 heavy (non-hydrogen) atoms. The molecule has 4 nitrogen and oxygen atoms in total. The van der Waals surface area contributed by atoms with Crippen LogP contribution in [0, 0.1) is 5.82 Å². The van der Waals surface area contributed by atoms with E-state index in [1.807, 2.05) is 18.2 Å². The summed E-state index contributed by atoms with van der Waals surface area (Å²) >= 11 is 0. The summed E-state index contributed by atoms with van der Waals surface area (Å²) in [6, 6.07) is 18.8. The first-order valence-corrected chi connectivity index (χ1v) is 9.96. The van der Waals surface area contributed by atoms with Gasteiger partial charge in [0, 0.05) is 16.7 Å². The molecular formula is C27H23FO4. The van der Waals surface area contributed by atoms with Crippen molar-refractivity contribution in [3.05, 3.63) is 108 Å². The number of esters is 2. The molecule has 0 bridgehead atoms. The van der Waals surface area contributed by atoms with Gasteiger partial charge >= 0.3 is 11.9 Å². The average molecular weight is 430 g/mol. The van der Waals surface area contributed by atoms with Crippen molar-refractivity contribution in [2.24, 2.45) is 0 Å². The van der Waals surface area contributed by atoms with Crippen LogP contribution in [0.15, 0.2) is 91.0 Å². The van der Waals surface area contributed by atoms with Gasteiger partial charge in [-0.1, -0.05) is 49.6 Å². The van der Waals surface area contributed by atoms with Crippen LogP contribution in [-0.2, 0) is 16.0 Å². The number of rotatable bonds is 7. The third-order valence-electron chi connectivity index (χ3n) is 4.65. The molecule has 0 fully saturated rings. The number of hydrogen-bond acceptors (Lipinski definition) is 4. The summed E-state index contributed by atoms with van der Waals surface area (Å²) < 4.78 is 25.1. The largest absolute Gasteiger partial charge is 0.423 e. The molecule has 3 rings (SSSR count). The van der Waals surface area contributed by atoms with Crippen LogP contribution in [0.3, 0.4) is 0 Å².